The van der Waals surface area contributed by atoms with Gasteiger partial charge in [0.25, 0.3) is 10.1 Å². The Hall–Kier alpha value is -2.64. The summed E-state index contributed by atoms with van der Waals surface area (Å²) in [6.45, 7) is 6.11. The molecule has 2 heterocycles. The van der Waals surface area contributed by atoms with Gasteiger partial charge >= 0.3 is 0 Å². The fourth-order valence-corrected chi connectivity index (χ4v) is 4.60. The van der Waals surface area contributed by atoms with Crippen LogP contribution in [0.25, 0.3) is 10.9 Å². The molecule has 0 atom stereocenters. The highest BCUT2D eigenvalue weighted by Crippen LogP contribution is 2.31. The second kappa shape index (κ2) is 8.62. The Balaban J connectivity index is 1.41. The van der Waals surface area contributed by atoms with Crippen molar-refractivity contribution in [1.82, 2.24) is 4.98 Å². The molecule has 0 unspecified atom stereocenters. The number of hydrogen-bond donors (Lipinski definition) is 0. The number of rotatable bonds is 7. The van der Waals surface area contributed by atoms with E-state index in [2.05, 4.69) is 16.0 Å². The molecule has 2 aromatic carbocycles. The lowest BCUT2D eigenvalue weighted by Gasteiger charge is -2.20. The molecule has 158 valence electrons. The van der Waals surface area contributed by atoms with Gasteiger partial charge < -0.3 is 9.64 Å². The van der Waals surface area contributed by atoms with E-state index in [4.69, 9.17) is 8.92 Å². The molecule has 0 spiro atoms. The monoisotopic (exact) mass is 426 g/mol. The summed E-state index contributed by atoms with van der Waals surface area (Å²) in [5.41, 5.74) is 4.05. The summed E-state index contributed by atoms with van der Waals surface area (Å²) in [7, 11) is -3.78. The Kier molecular flexibility index (Phi) is 5.92. The molecule has 0 aliphatic carbocycles. The molecule has 1 aliphatic rings. The number of aryl methyl sites for hydroxylation is 2. The summed E-state index contributed by atoms with van der Waals surface area (Å²) >= 11 is 0. The van der Waals surface area contributed by atoms with E-state index in [1.54, 1.807) is 24.3 Å². The van der Waals surface area contributed by atoms with E-state index < -0.39 is 10.1 Å². The smallest absolute Gasteiger partial charge is 0.297 e. The maximum Gasteiger partial charge on any atom is 0.297 e. The number of benzene rings is 2. The standard InChI is InChI=1S/C23H26N2O4S/c1-17-5-8-20(9-6-17)30(26,27)29-14-13-28-19-7-10-21-22(16-19)24-18(2)15-23(21)25-11-3-4-12-25/h5-10,15-16H,3-4,11-14H2,1-2H3. The minimum Gasteiger partial charge on any atom is -0.491 e. The van der Waals surface area contributed by atoms with Gasteiger partial charge in [-0.2, -0.15) is 8.42 Å². The molecule has 0 bridgehead atoms. The highest BCUT2D eigenvalue weighted by atomic mass is 32.2. The Morgan fingerprint density at radius 2 is 1.70 bits per heavy atom. The summed E-state index contributed by atoms with van der Waals surface area (Å²) in [5.74, 6) is 0.643. The van der Waals surface area contributed by atoms with Gasteiger partial charge in [-0.05, 0) is 57.0 Å². The van der Waals surface area contributed by atoms with Gasteiger partial charge in [0.05, 0.1) is 10.4 Å². The number of ether oxygens (including phenoxy) is 1. The van der Waals surface area contributed by atoms with E-state index in [0.717, 1.165) is 35.2 Å². The molecule has 4 rings (SSSR count). The summed E-state index contributed by atoms with van der Waals surface area (Å²) in [4.78, 5) is 7.20. The van der Waals surface area contributed by atoms with E-state index in [9.17, 15) is 8.42 Å². The molecule has 0 saturated carbocycles. The summed E-state index contributed by atoms with van der Waals surface area (Å²) in [6, 6.07) is 14.5. The molecule has 0 N–H and O–H groups in total. The molecule has 3 aromatic rings. The van der Waals surface area contributed by atoms with Crippen molar-refractivity contribution in [3.8, 4) is 5.75 Å². The van der Waals surface area contributed by atoms with Crippen molar-refractivity contribution in [2.75, 3.05) is 31.2 Å². The van der Waals surface area contributed by atoms with Crippen molar-refractivity contribution >= 4 is 26.7 Å². The van der Waals surface area contributed by atoms with Crippen LogP contribution >= 0.6 is 0 Å². The molecule has 0 radical (unpaired) electrons. The van der Waals surface area contributed by atoms with Crippen LogP contribution in [0.3, 0.4) is 0 Å². The van der Waals surface area contributed by atoms with E-state index in [-0.39, 0.29) is 18.1 Å². The first-order valence-electron chi connectivity index (χ1n) is 10.2. The summed E-state index contributed by atoms with van der Waals surface area (Å²) in [5, 5.41) is 1.10. The Bertz CT molecular complexity index is 1140. The van der Waals surface area contributed by atoms with Gasteiger partial charge in [-0.25, -0.2) is 0 Å². The predicted octanol–water partition coefficient (Wildman–Crippen LogP) is 4.24. The topological polar surface area (TPSA) is 68.7 Å². The van der Waals surface area contributed by atoms with Crippen molar-refractivity contribution in [2.24, 2.45) is 0 Å². The molecule has 1 aromatic heterocycles. The summed E-state index contributed by atoms with van der Waals surface area (Å²) in [6.07, 6.45) is 2.44. The summed E-state index contributed by atoms with van der Waals surface area (Å²) < 4.78 is 35.3. The number of pyridine rings is 1. The van der Waals surface area contributed by atoms with E-state index in [0.29, 0.717) is 5.75 Å². The van der Waals surface area contributed by atoms with Gasteiger partial charge in [-0.3, -0.25) is 9.17 Å². The maximum atomic E-state index is 12.2. The third-order valence-electron chi connectivity index (χ3n) is 5.23. The highest BCUT2D eigenvalue weighted by Gasteiger charge is 2.17. The zero-order chi connectivity index (χ0) is 21.1. The Morgan fingerprint density at radius 3 is 2.43 bits per heavy atom. The molecule has 7 heteroatoms. The van der Waals surface area contributed by atoms with Gasteiger partial charge in [0.15, 0.2) is 0 Å². The zero-order valence-electron chi connectivity index (χ0n) is 17.3. The van der Waals surface area contributed by atoms with Crippen LogP contribution in [-0.2, 0) is 14.3 Å². The Morgan fingerprint density at radius 1 is 0.967 bits per heavy atom. The molecule has 1 fully saturated rings. The molecule has 1 saturated heterocycles. The lowest BCUT2D eigenvalue weighted by Crippen LogP contribution is -2.18. The second-order valence-corrected chi connectivity index (χ2v) is 9.21. The average molecular weight is 427 g/mol. The number of fused-ring (bicyclic) bond motifs is 1. The molecule has 0 amide bonds. The number of aromatic nitrogens is 1. The number of anilines is 1. The van der Waals surface area contributed by atoms with Crippen LogP contribution in [0.2, 0.25) is 0 Å². The lowest BCUT2D eigenvalue weighted by atomic mass is 10.1. The highest BCUT2D eigenvalue weighted by molar-refractivity contribution is 7.86. The SMILES string of the molecule is Cc1ccc(S(=O)(=O)OCCOc2ccc3c(N4CCCC4)cc(C)nc3c2)cc1. The van der Waals surface area contributed by atoms with Crippen molar-refractivity contribution in [3.63, 3.8) is 0 Å². The quantitative estimate of drug-likeness (QED) is 0.416. The van der Waals surface area contributed by atoms with Crippen LogP contribution in [0.5, 0.6) is 5.75 Å². The first kappa shape index (κ1) is 20.6. The van der Waals surface area contributed by atoms with Gasteiger partial charge in [-0.1, -0.05) is 17.7 Å². The van der Waals surface area contributed by atoms with Crippen LogP contribution in [-0.4, -0.2) is 39.7 Å². The predicted molar refractivity (Wildman–Crippen MR) is 118 cm³/mol. The Labute approximate surface area is 177 Å². The minimum atomic E-state index is -3.78. The first-order chi connectivity index (χ1) is 14.4. The number of hydrogen-bond acceptors (Lipinski definition) is 6. The normalized spacial score (nSPS) is 14.4. The second-order valence-electron chi connectivity index (χ2n) is 7.59. The molecular weight excluding hydrogens is 400 g/mol. The van der Waals surface area contributed by atoms with Crippen molar-refractivity contribution < 1.29 is 17.3 Å². The third kappa shape index (κ3) is 4.57. The number of nitrogens with zero attached hydrogens (tertiary/aromatic N) is 2. The van der Waals surface area contributed by atoms with Crippen molar-refractivity contribution in [3.05, 3.63) is 59.8 Å². The van der Waals surface area contributed by atoms with Crippen LogP contribution in [0, 0.1) is 13.8 Å². The molecule has 30 heavy (non-hydrogen) atoms. The van der Waals surface area contributed by atoms with Crippen LogP contribution in [0.4, 0.5) is 5.69 Å². The zero-order valence-corrected chi connectivity index (χ0v) is 18.1. The maximum absolute atomic E-state index is 12.2. The lowest BCUT2D eigenvalue weighted by molar-refractivity contribution is 0.221. The third-order valence-corrected chi connectivity index (χ3v) is 6.56. The minimum absolute atomic E-state index is 0.0610. The van der Waals surface area contributed by atoms with Gasteiger partial charge in [-0.15, -0.1) is 0 Å². The van der Waals surface area contributed by atoms with Crippen molar-refractivity contribution in [2.45, 2.75) is 31.6 Å². The van der Waals surface area contributed by atoms with Gasteiger partial charge in [0.2, 0.25) is 0 Å². The van der Waals surface area contributed by atoms with Crippen molar-refractivity contribution in [1.29, 1.82) is 0 Å². The van der Waals surface area contributed by atoms with Gasteiger partial charge in [0.1, 0.15) is 19.0 Å². The van der Waals surface area contributed by atoms with E-state index in [1.807, 2.05) is 32.0 Å². The van der Waals surface area contributed by atoms with E-state index in [1.165, 1.54) is 18.5 Å². The van der Waals surface area contributed by atoms with Crippen LogP contribution < -0.4 is 9.64 Å². The first-order valence-corrected chi connectivity index (χ1v) is 11.6. The molecular formula is C23H26N2O4S. The van der Waals surface area contributed by atoms with E-state index >= 15 is 0 Å². The molecule has 1 aliphatic heterocycles. The van der Waals surface area contributed by atoms with Gasteiger partial charge in [0, 0.05) is 35.9 Å². The average Bonchev–Trinajstić information content (AvgIpc) is 3.25. The molecule has 6 nitrogen and oxygen atoms in total. The van der Waals surface area contributed by atoms with Crippen LogP contribution in [0.15, 0.2) is 53.4 Å². The largest absolute Gasteiger partial charge is 0.491 e. The fourth-order valence-electron chi connectivity index (χ4n) is 3.70. The fraction of sp³-hybridized carbons (Fsp3) is 0.348. The van der Waals surface area contributed by atoms with Crippen LogP contribution in [0.1, 0.15) is 24.1 Å².